The van der Waals surface area contributed by atoms with Crippen LogP contribution in [0.15, 0.2) is 36.7 Å². The van der Waals surface area contributed by atoms with E-state index in [1.165, 1.54) is 0 Å². The minimum Gasteiger partial charge on any atom is -0.348 e. The molecule has 1 amide bonds. The van der Waals surface area contributed by atoms with Gasteiger partial charge in [0.2, 0.25) is 5.91 Å². The van der Waals surface area contributed by atoms with E-state index in [9.17, 15) is 4.79 Å². The molecule has 0 aliphatic carbocycles. The van der Waals surface area contributed by atoms with Gasteiger partial charge in [-0.1, -0.05) is 18.3 Å². The molecule has 0 radical (unpaired) electrons. The van der Waals surface area contributed by atoms with Crippen molar-refractivity contribution in [2.24, 2.45) is 11.8 Å². The van der Waals surface area contributed by atoms with Crippen LogP contribution in [0.1, 0.15) is 32.6 Å². The Balaban J connectivity index is 1.25. The van der Waals surface area contributed by atoms with Gasteiger partial charge in [-0.05, 0) is 55.9 Å². The van der Waals surface area contributed by atoms with E-state index in [0.717, 1.165) is 84.5 Å². The zero-order valence-corrected chi connectivity index (χ0v) is 18.1. The molecule has 3 aromatic rings. The van der Waals surface area contributed by atoms with E-state index in [1.54, 1.807) is 17.5 Å². The second-order valence-electron chi connectivity index (χ2n) is 8.53. The minimum atomic E-state index is 0.166. The predicted molar refractivity (Wildman–Crippen MR) is 121 cm³/mol. The van der Waals surface area contributed by atoms with E-state index in [2.05, 4.69) is 21.7 Å². The van der Waals surface area contributed by atoms with E-state index in [-0.39, 0.29) is 5.92 Å². The number of anilines is 1. The molecule has 7 heteroatoms. The van der Waals surface area contributed by atoms with Crippen LogP contribution >= 0.6 is 11.3 Å². The van der Waals surface area contributed by atoms with Crippen LogP contribution in [0.3, 0.4) is 0 Å². The van der Waals surface area contributed by atoms with Crippen molar-refractivity contribution in [3.05, 3.63) is 36.7 Å². The number of likely N-dealkylation sites (tertiary alicyclic amines) is 1. The topological polar surface area (TPSA) is 62.2 Å². The second kappa shape index (κ2) is 8.30. The van der Waals surface area contributed by atoms with Gasteiger partial charge in [0.1, 0.15) is 10.3 Å². The monoisotopic (exact) mass is 421 g/mol. The Kier molecular flexibility index (Phi) is 5.37. The summed E-state index contributed by atoms with van der Waals surface area (Å²) in [5, 5.41) is 1.01. The fourth-order valence-electron chi connectivity index (χ4n) is 4.42. The van der Waals surface area contributed by atoms with Crippen LogP contribution in [0.25, 0.3) is 21.6 Å². The highest BCUT2D eigenvalue weighted by molar-refractivity contribution is 7.21. The molecule has 2 aliphatic heterocycles. The van der Waals surface area contributed by atoms with Crippen LogP contribution in [-0.4, -0.2) is 51.9 Å². The first-order valence-electron chi connectivity index (χ1n) is 10.9. The Bertz CT molecular complexity index is 1020. The lowest BCUT2D eigenvalue weighted by molar-refractivity contribution is -0.137. The number of carbonyl (C=O) groups excluding carboxylic acids is 1. The fourth-order valence-corrected chi connectivity index (χ4v) is 5.41. The highest BCUT2D eigenvalue weighted by Crippen LogP contribution is 2.32. The fraction of sp³-hybridized carbons (Fsp3) is 0.478. The molecule has 0 atom stereocenters. The summed E-state index contributed by atoms with van der Waals surface area (Å²) in [5.74, 6) is 1.29. The zero-order valence-electron chi connectivity index (χ0n) is 17.3. The summed E-state index contributed by atoms with van der Waals surface area (Å²) in [7, 11) is 0. The number of hydrogen-bond acceptors (Lipinski definition) is 6. The molecular formula is C23H27N5OS. The van der Waals surface area contributed by atoms with Gasteiger partial charge in [-0.3, -0.25) is 9.78 Å². The van der Waals surface area contributed by atoms with E-state index in [4.69, 9.17) is 9.97 Å². The molecule has 3 aromatic heterocycles. The van der Waals surface area contributed by atoms with Gasteiger partial charge in [-0.15, -0.1) is 0 Å². The molecule has 30 heavy (non-hydrogen) atoms. The van der Waals surface area contributed by atoms with E-state index < -0.39 is 0 Å². The Labute approximate surface area is 181 Å². The maximum absolute atomic E-state index is 12.9. The van der Waals surface area contributed by atoms with Crippen molar-refractivity contribution in [2.45, 2.75) is 32.6 Å². The first-order chi connectivity index (χ1) is 14.7. The Morgan fingerprint density at radius 2 is 1.83 bits per heavy atom. The lowest BCUT2D eigenvalue weighted by atomic mass is 9.93. The van der Waals surface area contributed by atoms with Gasteiger partial charge >= 0.3 is 0 Å². The number of fused-ring (bicyclic) bond motifs is 1. The van der Waals surface area contributed by atoms with Gasteiger partial charge in [-0.2, -0.15) is 0 Å². The van der Waals surface area contributed by atoms with Crippen LogP contribution in [-0.2, 0) is 4.79 Å². The number of piperidine rings is 2. The quantitative estimate of drug-likeness (QED) is 0.633. The number of carbonyl (C=O) groups is 1. The summed E-state index contributed by atoms with van der Waals surface area (Å²) in [5.41, 5.74) is 2.87. The normalized spacial score (nSPS) is 18.8. The number of nitrogens with zero attached hydrogens (tertiary/aromatic N) is 5. The van der Waals surface area contributed by atoms with E-state index in [1.807, 2.05) is 30.5 Å². The third-order valence-electron chi connectivity index (χ3n) is 6.41. The van der Waals surface area contributed by atoms with Crippen LogP contribution in [0.5, 0.6) is 0 Å². The summed E-state index contributed by atoms with van der Waals surface area (Å²) in [6.07, 6.45) is 7.72. The number of hydrogen-bond donors (Lipinski definition) is 0. The average Bonchev–Trinajstić information content (AvgIpc) is 3.23. The lowest BCUT2D eigenvalue weighted by Gasteiger charge is -2.36. The van der Waals surface area contributed by atoms with Gasteiger partial charge in [0, 0.05) is 50.1 Å². The SMILES string of the molecule is CC1CCN(C(=O)C2CCN(c3nc4ccc(-c5cccnc5)nc4s3)CC2)CC1. The zero-order chi connectivity index (χ0) is 20.5. The van der Waals surface area contributed by atoms with Crippen LogP contribution in [0, 0.1) is 11.8 Å². The molecule has 0 saturated carbocycles. The summed E-state index contributed by atoms with van der Waals surface area (Å²) >= 11 is 1.64. The molecule has 2 fully saturated rings. The molecule has 5 heterocycles. The maximum atomic E-state index is 12.9. The summed E-state index contributed by atoms with van der Waals surface area (Å²) in [4.78, 5) is 32.1. The lowest BCUT2D eigenvalue weighted by Crippen LogP contribution is -2.45. The minimum absolute atomic E-state index is 0.166. The molecule has 0 N–H and O–H groups in total. The van der Waals surface area contributed by atoms with Crippen molar-refractivity contribution < 1.29 is 4.79 Å². The van der Waals surface area contributed by atoms with Crippen molar-refractivity contribution in [3.8, 4) is 11.3 Å². The highest BCUT2D eigenvalue weighted by atomic mass is 32.1. The summed E-state index contributed by atoms with van der Waals surface area (Å²) in [6.45, 7) is 5.92. The molecule has 2 saturated heterocycles. The molecule has 156 valence electrons. The molecule has 0 aromatic carbocycles. The molecular weight excluding hydrogens is 394 g/mol. The maximum Gasteiger partial charge on any atom is 0.225 e. The standard InChI is InChI=1S/C23H27N5OS/c1-16-6-11-27(12-7-16)22(29)17-8-13-28(14-9-17)23-26-20-5-4-19(25-21(20)30-23)18-3-2-10-24-15-18/h2-5,10,15-17H,6-9,11-14H2,1H3. The smallest absolute Gasteiger partial charge is 0.225 e. The van der Waals surface area contributed by atoms with Crippen molar-refractivity contribution in [3.63, 3.8) is 0 Å². The number of thiazole rings is 1. The van der Waals surface area contributed by atoms with Crippen molar-refractivity contribution >= 4 is 32.7 Å². The molecule has 0 unspecified atom stereocenters. The van der Waals surface area contributed by atoms with Crippen molar-refractivity contribution in [1.29, 1.82) is 0 Å². The third-order valence-corrected chi connectivity index (χ3v) is 7.44. The average molecular weight is 422 g/mol. The summed E-state index contributed by atoms with van der Waals surface area (Å²) in [6, 6.07) is 7.99. The summed E-state index contributed by atoms with van der Waals surface area (Å²) < 4.78 is 0. The number of rotatable bonds is 3. The highest BCUT2D eigenvalue weighted by Gasteiger charge is 2.31. The third kappa shape index (κ3) is 3.90. The van der Waals surface area contributed by atoms with Crippen LogP contribution < -0.4 is 4.90 Å². The first-order valence-corrected chi connectivity index (χ1v) is 11.7. The van der Waals surface area contributed by atoms with Gasteiger partial charge < -0.3 is 9.80 Å². The largest absolute Gasteiger partial charge is 0.348 e. The first kappa shape index (κ1) is 19.4. The Morgan fingerprint density at radius 3 is 2.57 bits per heavy atom. The molecule has 0 bridgehead atoms. The molecule has 0 spiro atoms. The second-order valence-corrected chi connectivity index (χ2v) is 9.48. The van der Waals surface area contributed by atoms with Crippen molar-refractivity contribution in [2.75, 3.05) is 31.1 Å². The Morgan fingerprint density at radius 1 is 1.03 bits per heavy atom. The number of amides is 1. The van der Waals surface area contributed by atoms with Gasteiger partial charge in [0.25, 0.3) is 0 Å². The molecule has 6 nitrogen and oxygen atoms in total. The number of pyridine rings is 2. The van der Waals surface area contributed by atoms with E-state index >= 15 is 0 Å². The van der Waals surface area contributed by atoms with Crippen LogP contribution in [0.2, 0.25) is 0 Å². The van der Waals surface area contributed by atoms with Gasteiger partial charge in [0.15, 0.2) is 5.13 Å². The van der Waals surface area contributed by atoms with Gasteiger partial charge in [0.05, 0.1) is 5.69 Å². The predicted octanol–water partition coefficient (Wildman–Crippen LogP) is 4.23. The molecule has 2 aliphatic rings. The van der Waals surface area contributed by atoms with E-state index in [0.29, 0.717) is 5.91 Å². The number of aromatic nitrogens is 3. The van der Waals surface area contributed by atoms with Gasteiger partial charge in [-0.25, -0.2) is 9.97 Å². The molecule has 5 rings (SSSR count). The van der Waals surface area contributed by atoms with Crippen LogP contribution in [0.4, 0.5) is 5.13 Å². The van der Waals surface area contributed by atoms with Crippen molar-refractivity contribution in [1.82, 2.24) is 19.9 Å². The Hall–Kier alpha value is -2.54.